The number of nitrogens with zero attached hydrogens (tertiary/aromatic N) is 6. The van der Waals surface area contributed by atoms with Gasteiger partial charge in [-0.1, -0.05) is 11.3 Å². The molecule has 1 amide bonds. The van der Waals surface area contributed by atoms with Gasteiger partial charge in [0.05, 0.1) is 0 Å². The van der Waals surface area contributed by atoms with Gasteiger partial charge in [0.2, 0.25) is 5.13 Å². The van der Waals surface area contributed by atoms with Crippen molar-refractivity contribution in [1.29, 1.82) is 0 Å². The summed E-state index contributed by atoms with van der Waals surface area (Å²) >= 11 is 1.26. The molecule has 1 atom stereocenters. The molecule has 1 N–H and O–H groups in total. The van der Waals surface area contributed by atoms with Crippen LogP contribution in [0.15, 0.2) is 35.4 Å². The summed E-state index contributed by atoms with van der Waals surface area (Å²) in [7, 11) is 0. The average Bonchev–Trinajstić information content (AvgIpc) is 3.19. The average molecular weight is 331 g/mol. The molecule has 0 bridgehead atoms. The second-order valence-corrected chi connectivity index (χ2v) is 5.90. The Morgan fingerprint density at radius 3 is 2.83 bits per heavy atom. The van der Waals surface area contributed by atoms with Gasteiger partial charge in [-0.2, -0.15) is 5.10 Å². The lowest BCUT2D eigenvalue weighted by molar-refractivity contribution is -0.119. The summed E-state index contributed by atoms with van der Waals surface area (Å²) in [5, 5.41) is 19.7. The van der Waals surface area contributed by atoms with E-state index >= 15 is 0 Å². The first-order valence-electron chi connectivity index (χ1n) is 6.75. The van der Waals surface area contributed by atoms with Gasteiger partial charge in [-0.25, -0.2) is 9.36 Å². The van der Waals surface area contributed by atoms with Gasteiger partial charge < -0.3 is 0 Å². The number of aryl methyl sites for hydroxylation is 1. The minimum atomic E-state index is -0.804. The molecule has 0 unspecified atom stereocenters. The van der Waals surface area contributed by atoms with Crippen LogP contribution < -0.4 is 10.9 Å². The third-order valence-corrected chi connectivity index (χ3v) is 3.81. The smallest absolute Gasteiger partial charge is 0.267 e. The van der Waals surface area contributed by atoms with Crippen LogP contribution in [0.25, 0.3) is 5.82 Å². The molecule has 0 aliphatic heterocycles. The number of rotatable bonds is 4. The molecule has 23 heavy (non-hydrogen) atoms. The molecule has 0 radical (unpaired) electrons. The maximum absolute atomic E-state index is 12.3. The predicted molar refractivity (Wildman–Crippen MR) is 83.6 cm³/mol. The minimum Gasteiger partial charge on any atom is -0.299 e. The summed E-state index contributed by atoms with van der Waals surface area (Å²) in [4.78, 5) is 24.3. The first kappa shape index (κ1) is 15.0. The molecule has 3 heterocycles. The first-order valence-corrected chi connectivity index (χ1v) is 7.57. The highest BCUT2D eigenvalue weighted by Crippen LogP contribution is 2.15. The monoisotopic (exact) mass is 331 g/mol. The molecular formula is C13H13N7O2S. The quantitative estimate of drug-likeness (QED) is 0.757. The van der Waals surface area contributed by atoms with Crippen molar-refractivity contribution in [3.05, 3.63) is 46.0 Å². The number of carbonyl (C=O) groups excluding carboxylic acids is 1. The summed E-state index contributed by atoms with van der Waals surface area (Å²) in [5.74, 6) is 0.0503. The summed E-state index contributed by atoms with van der Waals surface area (Å²) in [6.07, 6.45) is 3.30. The number of amides is 1. The zero-order valence-corrected chi connectivity index (χ0v) is 13.2. The number of hydrogen-bond donors (Lipinski definition) is 1. The Balaban J connectivity index is 1.86. The van der Waals surface area contributed by atoms with Crippen LogP contribution in [-0.4, -0.2) is 35.7 Å². The van der Waals surface area contributed by atoms with Crippen LogP contribution in [0.2, 0.25) is 0 Å². The molecule has 118 valence electrons. The molecular weight excluding hydrogens is 318 g/mol. The topological polar surface area (TPSA) is 108 Å². The maximum atomic E-state index is 12.3. The van der Waals surface area contributed by atoms with Crippen molar-refractivity contribution in [2.45, 2.75) is 19.9 Å². The van der Waals surface area contributed by atoms with E-state index in [1.54, 1.807) is 38.4 Å². The van der Waals surface area contributed by atoms with E-state index < -0.39 is 11.9 Å². The second-order valence-electron chi connectivity index (χ2n) is 4.72. The highest BCUT2D eigenvalue weighted by atomic mass is 32.1. The number of aromatic nitrogens is 6. The van der Waals surface area contributed by atoms with Gasteiger partial charge in [-0.15, -0.1) is 15.3 Å². The maximum Gasteiger partial charge on any atom is 0.267 e. The Labute approximate surface area is 134 Å². The van der Waals surface area contributed by atoms with Crippen LogP contribution in [0.5, 0.6) is 0 Å². The van der Waals surface area contributed by atoms with Crippen LogP contribution in [0.1, 0.15) is 18.0 Å². The summed E-state index contributed by atoms with van der Waals surface area (Å²) in [5.41, 5.74) is -0.378. The van der Waals surface area contributed by atoms with Crippen LogP contribution in [0, 0.1) is 6.92 Å². The zero-order chi connectivity index (χ0) is 16.4. The number of nitrogens with one attached hydrogen (secondary N) is 1. The molecule has 0 saturated carbocycles. The Bertz CT molecular complexity index is 884. The highest BCUT2D eigenvalue weighted by Gasteiger charge is 2.19. The summed E-state index contributed by atoms with van der Waals surface area (Å²) in [6.45, 7) is 3.38. The molecule has 0 saturated heterocycles. The fourth-order valence-electron chi connectivity index (χ4n) is 1.89. The Kier molecular flexibility index (Phi) is 3.98. The number of hydrogen-bond acceptors (Lipinski definition) is 7. The van der Waals surface area contributed by atoms with Crippen molar-refractivity contribution >= 4 is 22.4 Å². The van der Waals surface area contributed by atoms with Crippen LogP contribution in [0.4, 0.5) is 5.13 Å². The molecule has 9 nitrogen and oxygen atoms in total. The zero-order valence-electron chi connectivity index (χ0n) is 12.4. The normalized spacial score (nSPS) is 12.1. The molecule has 0 aliphatic rings. The Hall–Kier alpha value is -2.88. The standard InChI is InChI=1S/C13H13N7O2S/c1-8(12(22)15-13-17-16-9(2)23-13)20-11(21)5-4-10(18-20)19-7-3-6-14-19/h3-8H,1-2H3,(H,15,17,22)/t8-/m1/s1. The van der Waals surface area contributed by atoms with Crippen molar-refractivity contribution in [3.63, 3.8) is 0 Å². The van der Waals surface area contributed by atoms with Crippen LogP contribution >= 0.6 is 11.3 Å². The SMILES string of the molecule is Cc1nnc(NC(=O)[C@@H](C)n2nc(-n3cccn3)ccc2=O)s1. The largest absolute Gasteiger partial charge is 0.299 e. The van der Waals surface area contributed by atoms with Crippen molar-refractivity contribution < 1.29 is 4.79 Å². The lowest BCUT2D eigenvalue weighted by Gasteiger charge is -2.13. The van der Waals surface area contributed by atoms with E-state index in [9.17, 15) is 9.59 Å². The fraction of sp³-hybridized carbons (Fsp3) is 0.231. The number of anilines is 1. The third-order valence-electron chi connectivity index (χ3n) is 3.05. The van der Waals surface area contributed by atoms with E-state index in [0.29, 0.717) is 10.9 Å². The molecule has 0 aromatic carbocycles. The van der Waals surface area contributed by atoms with Crippen molar-refractivity contribution in [2.75, 3.05) is 5.32 Å². The molecule has 3 aromatic heterocycles. The van der Waals surface area contributed by atoms with Crippen LogP contribution in [0.3, 0.4) is 0 Å². The van der Waals surface area contributed by atoms with Crippen molar-refractivity contribution in [2.24, 2.45) is 0 Å². The first-order chi connectivity index (χ1) is 11.0. The highest BCUT2D eigenvalue weighted by molar-refractivity contribution is 7.15. The molecule has 10 heteroatoms. The van der Waals surface area contributed by atoms with Gasteiger partial charge in [0, 0.05) is 18.5 Å². The lowest BCUT2D eigenvalue weighted by atomic mass is 10.3. The molecule has 0 spiro atoms. The molecule has 0 fully saturated rings. The molecule has 3 rings (SSSR count). The van der Waals surface area contributed by atoms with Gasteiger partial charge in [-0.05, 0) is 26.0 Å². The summed E-state index contributed by atoms with van der Waals surface area (Å²) < 4.78 is 2.62. The predicted octanol–water partition coefficient (Wildman–Crippen LogP) is 0.789. The Morgan fingerprint density at radius 2 is 2.17 bits per heavy atom. The van der Waals surface area contributed by atoms with Crippen molar-refractivity contribution in [1.82, 2.24) is 29.8 Å². The van der Waals surface area contributed by atoms with Gasteiger partial charge in [-0.3, -0.25) is 14.9 Å². The fourth-order valence-corrected chi connectivity index (χ4v) is 2.48. The van der Waals surface area contributed by atoms with Gasteiger partial charge >= 0.3 is 0 Å². The van der Waals surface area contributed by atoms with Gasteiger partial charge in [0.15, 0.2) is 5.82 Å². The van der Waals surface area contributed by atoms with Crippen LogP contribution in [-0.2, 0) is 4.79 Å². The second kappa shape index (κ2) is 6.08. The summed E-state index contributed by atoms with van der Waals surface area (Å²) in [6, 6.07) is 3.83. The lowest BCUT2D eigenvalue weighted by Crippen LogP contribution is -2.33. The van der Waals surface area contributed by atoms with E-state index in [1.165, 1.54) is 22.1 Å². The molecule has 3 aromatic rings. The molecule has 0 aliphatic carbocycles. The van der Waals surface area contributed by atoms with E-state index in [-0.39, 0.29) is 5.56 Å². The van der Waals surface area contributed by atoms with Crippen molar-refractivity contribution in [3.8, 4) is 5.82 Å². The van der Waals surface area contributed by atoms with E-state index in [0.717, 1.165) is 9.69 Å². The van der Waals surface area contributed by atoms with E-state index in [4.69, 9.17) is 0 Å². The van der Waals surface area contributed by atoms with Gasteiger partial charge in [0.25, 0.3) is 11.5 Å². The van der Waals surface area contributed by atoms with E-state index in [2.05, 4.69) is 25.7 Å². The van der Waals surface area contributed by atoms with Gasteiger partial charge in [0.1, 0.15) is 11.0 Å². The minimum absolute atomic E-state index is 0.378. The number of carbonyl (C=O) groups is 1. The Morgan fingerprint density at radius 1 is 1.35 bits per heavy atom. The third kappa shape index (κ3) is 3.16. The van der Waals surface area contributed by atoms with E-state index in [1.807, 2.05) is 0 Å².